The van der Waals surface area contributed by atoms with Crippen LogP contribution >= 0.6 is 0 Å². The molecule has 2 heterocycles. The van der Waals surface area contributed by atoms with Crippen LogP contribution in [-0.2, 0) is 9.59 Å². The molecule has 0 aromatic heterocycles. The molecule has 22 heavy (non-hydrogen) atoms. The van der Waals surface area contributed by atoms with Crippen LogP contribution in [0.5, 0.6) is 0 Å². The summed E-state index contributed by atoms with van der Waals surface area (Å²) in [5, 5.41) is 9.15. The SMILES string of the molecule is C[C@@H]1CN(C(=O)C2CCN(C(=O)N(C)C)CC2)C[C@H]1C(=O)O. The average molecular weight is 311 g/mol. The second-order valence-corrected chi connectivity index (χ2v) is 6.60. The summed E-state index contributed by atoms with van der Waals surface area (Å²) in [5.74, 6) is -1.33. The lowest BCUT2D eigenvalue weighted by Crippen LogP contribution is -2.47. The van der Waals surface area contributed by atoms with Crippen LogP contribution in [0.25, 0.3) is 0 Å². The minimum absolute atomic E-state index is 0.00291. The molecule has 2 aliphatic rings. The number of nitrogens with zero attached hydrogens (tertiary/aromatic N) is 3. The molecule has 3 amide bonds. The van der Waals surface area contributed by atoms with E-state index in [0.29, 0.717) is 39.0 Å². The maximum atomic E-state index is 12.5. The molecule has 0 bridgehead atoms. The second kappa shape index (κ2) is 6.54. The van der Waals surface area contributed by atoms with Crippen LogP contribution in [0.3, 0.4) is 0 Å². The predicted molar refractivity (Wildman–Crippen MR) is 80.2 cm³/mol. The summed E-state index contributed by atoms with van der Waals surface area (Å²) in [4.78, 5) is 40.6. The molecule has 0 spiro atoms. The number of hydrogen-bond donors (Lipinski definition) is 1. The highest BCUT2D eigenvalue weighted by molar-refractivity contribution is 5.81. The van der Waals surface area contributed by atoms with Crippen LogP contribution in [0.15, 0.2) is 0 Å². The van der Waals surface area contributed by atoms with Crippen molar-refractivity contribution in [3.8, 4) is 0 Å². The number of amides is 3. The van der Waals surface area contributed by atoms with Crippen molar-refractivity contribution in [1.29, 1.82) is 0 Å². The Morgan fingerprint density at radius 2 is 1.64 bits per heavy atom. The van der Waals surface area contributed by atoms with Crippen molar-refractivity contribution in [2.24, 2.45) is 17.8 Å². The summed E-state index contributed by atoms with van der Waals surface area (Å²) < 4.78 is 0. The van der Waals surface area contributed by atoms with E-state index < -0.39 is 11.9 Å². The number of carboxylic acids is 1. The molecule has 0 aromatic rings. The van der Waals surface area contributed by atoms with Gasteiger partial charge in [-0.15, -0.1) is 0 Å². The third-order valence-corrected chi connectivity index (χ3v) is 4.74. The number of piperidine rings is 1. The van der Waals surface area contributed by atoms with E-state index in [4.69, 9.17) is 5.11 Å². The molecule has 2 saturated heterocycles. The third-order valence-electron chi connectivity index (χ3n) is 4.74. The van der Waals surface area contributed by atoms with Crippen LogP contribution in [0.1, 0.15) is 19.8 Å². The van der Waals surface area contributed by atoms with E-state index in [-0.39, 0.29) is 23.8 Å². The van der Waals surface area contributed by atoms with Gasteiger partial charge in [0.15, 0.2) is 0 Å². The average Bonchev–Trinajstić information content (AvgIpc) is 2.88. The Kier molecular flexibility index (Phi) is 4.93. The molecule has 7 heteroatoms. The van der Waals surface area contributed by atoms with Crippen LogP contribution in [0.2, 0.25) is 0 Å². The minimum atomic E-state index is -0.825. The molecular weight excluding hydrogens is 286 g/mol. The monoisotopic (exact) mass is 311 g/mol. The zero-order valence-electron chi connectivity index (χ0n) is 13.5. The summed E-state index contributed by atoms with van der Waals surface area (Å²) in [6, 6.07) is -0.0216. The fraction of sp³-hybridized carbons (Fsp3) is 0.800. The van der Waals surface area contributed by atoms with Crippen molar-refractivity contribution in [2.45, 2.75) is 19.8 Å². The predicted octanol–water partition coefficient (Wildman–Crippen LogP) is 0.559. The first-order valence-corrected chi connectivity index (χ1v) is 7.79. The highest BCUT2D eigenvalue weighted by Crippen LogP contribution is 2.27. The van der Waals surface area contributed by atoms with Gasteiger partial charge in [-0.25, -0.2) is 4.79 Å². The molecule has 7 nitrogen and oxygen atoms in total. The Balaban J connectivity index is 1.88. The van der Waals surface area contributed by atoms with Gasteiger partial charge < -0.3 is 19.8 Å². The van der Waals surface area contributed by atoms with Crippen LogP contribution < -0.4 is 0 Å². The lowest BCUT2D eigenvalue weighted by atomic mass is 9.95. The molecule has 0 saturated carbocycles. The molecule has 1 N–H and O–H groups in total. The molecule has 2 atom stereocenters. The molecular formula is C15H25N3O4. The molecule has 2 fully saturated rings. The first-order chi connectivity index (χ1) is 10.3. The van der Waals surface area contributed by atoms with Crippen LogP contribution in [0.4, 0.5) is 4.79 Å². The van der Waals surface area contributed by atoms with Gasteiger partial charge >= 0.3 is 12.0 Å². The molecule has 0 radical (unpaired) electrons. The highest BCUT2D eigenvalue weighted by Gasteiger charge is 2.39. The summed E-state index contributed by atoms with van der Waals surface area (Å²) >= 11 is 0. The standard InChI is InChI=1S/C15H25N3O4/c1-10-8-18(9-12(10)14(20)21)13(19)11-4-6-17(7-5-11)15(22)16(2)3/h10-12H,4-9H2,1-3H3,(H,20,21)/t10-,12-/m1/s1. The first kappa shape index (κ1) is 16.6. The summed E-state index contributed by atoms with van der Waals surface area (Å²) in [6.07, 6.45) is 1.31. The van der Waals surface area contributed by atoms with Crippen molar-refractivity contribution >= 4 is 17.9 Å². The van der Waals surface area contributed by atoms with Crippen molar-refractivity contribution in [3.63, 3.8) is 0 Å². The fourth-order valence-corrected chi connectivity index (χ4v) is 3.33. The van der Waals surface area contributed by atoms with E-state index in [1.807, 2.05) is 6.92 Å². The lowest BCUT2D eigenvalue weighted by Gasteiger charge is -2.34. The lowest BCUT2D eigenvalue weighted by molar-refractivity contribution is -0.142. The first-order valence-electron chi connectivity index (χ1n) is 7.79. The van der Waals surface area contributed by atoms with Gasteiger partial charge in [0.25, 0.3) is 0 Å². The second-order valence-electron chi connectivity index (χ2n) is 6.60. The zero-order chi connectivity index (χ0) is 16.4. The van der Waals surface area contributed by atoms with E-state index in [2.05, 4.69) is 0 Å². The number of carbonyl (C=O) groups is 3. The Labute approximate surface area is 130 Å². The van der Waals surface area contributed by atoms with Crippen LogP contribution in [-0.4, -0.2) is 78.0 Å². The maximum absolute atomic E-state index is 12.5. The molecule has 0 aliphatic carbocycles. The Morgan fingerprint density at radius 3 is 2.09 bits per heavy atom. The van der Waals surface area contributed by atoms with Crippen molar-refractivity contribution in [3.05, 3.63) is 0 Å². The molecule has 2 rings (SSSR count). The maximum Gasteiger partial charge on any atom is 0.319 e. The summed E-state index contributed by atoms with van der Waals surface area (Å²) in [5.41, 5.74) is 0. The normalized spacial score (nSPS) is 26.1. The number of carboxylic acid groups (broad SMARTS) is 1. The van der Waals surface area contributed by atoms with Crippen molar-refractivity contribution in [2.75, 3.05) is 40.3 Å². The van der Waals surface area contributed by atoms with E-state index in [0.717, 1.165) is 0 Å². The van der Waals surface area contributed by atoms with Crippen molar-refractivity contribution in [1.82, 2.24) is 14.7 Å². The summed E-state index contributed by atoms with van der Waals surface area (Å²) in [6.45, 7) is 3.88. The van der Waals surface area contributed by atoms with E-state index in [9.17, 15) is 14.4 Å². The minimum Gasteiger partial charge on any atom is -0.481 e. The largest absolute Gasteiger partial charge is 0.481 e. The molecule has 124 valence electrons. The molecule has 0 unspecified atom stereocenters. The number of likely N-dealkylation sites (tertiary alicyclic amines) is 2. The van der Waals surface area contributed by atoms with Gasteiger partial charge in [-0.3, -0.25) is 9.59 Å². The number of hydrogen-bond acceptors (Lipinski definition) is 3. The van der Waals surface area contributed by atoms with Gasteiger partial charge in [0.1, 0.15) is 0 Å². The summed E-state index contributed by atoms with van der Waals surface area (Å²) in [7, 11) is 3.44. The van der Waals surface area contributed by atoms with Gasteiger partial charge in [-0.2, -0.15) is 0 Å². The number of aliphatic carboxylic acids is 1. The fourth-order valence-electron chi connectivity index (χ4n) is 3.33. The quantitative estimate of drug-likeness (QED) is 0.808. The third kappa shape index (κ3) is 3.34. The number of rotatable bonds is 2. The molecule has 0 aromatic carbocycles. The smallest absolute Gasteiger partial charge is 0.319 e. The van der Waals surface area contributed by atoms with Crippen molar-refractivity contribution < 1.29 is 19.5 Å². The number of urea groups is 1. The van der Waals surface area contributed by atoms with Gasteiger partial charge in [-0.1, -0.05) is 6.92 Å². The van der Waals surface area contributed by atoms with E-state index in [1.165, 1.54) is 0 Å². The highest BCUT2D eigenvalue weighted by atomic mass is 16.4. The Bertz CT molecular complexity index is 458. The van der Waals surface area contributed by atoms with Gasteiger partial charge in [-0.05, 0) is 18.8 Å². The zero-order valence-corrected chi connectivity index (χ0v) is 13.5. The van der Waals surface area contributed by atoms with E-state index in [1.54, 1.807) is 28.8 Å². The van der Waals surface area contributed by atoms with E-state index >= 15 is 0 Å². The Hall–Kier alpha value is -1.79. The Morgan fingerprint density at radius 1 is 1.05 bits per heavy atom. The topological polar surface area (TPSA) is 81.2 Å². The van der Waals surface area contributed by atoms with Gasteiger partial charge in [0, 0.05) is 46.2 Å². The number of carbonyl (C=O) groups excluding carboxylic acids is 2. The molecule has 2 aliphatic heterocycles. The van der Waals surface area contributed by atoms with Gasteiger partial charge in [0.2, 0.25) is 5.91 Å². The van der Waals surface area contributed by atoms with Gasteiger partial charge in [0.05, 0.1) is 5.92 Å². The van der Waals surface area contributed by atoms with Crippen LogP contribution in [0, 0.1) is 17.8 Å².